The average Bonchev–Trinajstić information content (AvgIpc) is 3.16. The Morgan fingerprint density at radius 1 is 1.25 bits per heavy atom. The maximum Gasteiger partial charge on any atom is 0.261 e. The Morgan fingerprint density at radius 2 is 2.07 bits per heavy atom. The van der Waals surface area contributed by atoms with Gasteiger partial charge in [0.2, 0.25) is 0 Å². The van der Waals surface area contributed by atoms with E-state index in [1.54, 1.807) is 10.6 Å². The molecule has 1 N–H and O–H groups in total. The highest BCUT2D eigenvalue weighted by Crippen LogP contribution is 2.30. The summed E-state index contributed by atoms with van der Waals surface area (Å²) in [5.74, 6) is -0.0857. The molecule has 1 aliphatic heterocycles. The molecule has 0 aliphatic carbocycles. The molecule has 1 aromatic carbocycles. The number of carbonyl (C=O) groups is 1. The molecule has 4 rings (SSSR count). The van der Waals surface area contributed by atoms with Gasteiger partial charge in [-0.15, -0.1) is 11.3 Å². The van der Waals surface area contributed by atoms with Gasteiger partial charge < -0.3 is 9.88 Å². The smallest absolute Gasteiger partial charge is 0.261 e. The van der Waals surface area contributed by atoms with Crippen LogP contribution in [0.15, 0.2) is 35.1 Å². The van der Waals surface area contributed by atoms with Gasteiger partial charge in [0.1, 0.15) is 0 Å². The van der Waals surface area contributed by atoms with Gasteiger partial charge >= 0.3 is 0 Å². The Bertz CT molecular complexity index is 1070. The zero-order chi connectivity index (χ0) is 19.7. The van der Waals surface area contributed by atoms with Gasteiger partial charge in [-0.1, -0.05) is 24.6 Å². The van der Waals surface area contributed by atoms with Crippen molar-refractivity contribution < 1.29 is 4.79 Å². The van der Waals surface area contributed by atoms with Crippen LogP contribution in [-0.4, -0.2) is 41.1 Å². The number of para-hydroxylation sites is 1. The summed E-state index contributed by atoms with van der Waals surface area (Å²) in [6.45, 7) is 7.47. The minimum atomic E-state index is -0.0857. The SMILES string of the molecule is CCn1c(=O)c2cc(C(=O)NCCN3CCCCC3C)sc2c2ccccc21. The van der Waals surface area contributed by atoms with Crippen molar-refractivity contribution in [1.82, 2.24) is 14.8 Å². The second-order valence-corrected chi connectivity index (χ2v) is 8.61. The Morgan fingerprint density at radius 3 is 2.86 bits per heavy atom. The summed E-state index contributed by atoms with van der Waals surface area (Å²) in [7, 11) is 0. The minimum absolute atomic E-state index is 0.0198. The van der Waals surface area contributed by atoms with Gasteiger partial charge in [-0.2, -0.15) is 0 Å². The third-order valence-corrected chi connectivity index (χ3v) is 6.98. The number of carbonyl (C=O) groups excluding carboxylic acids is 1. The highest BCUT2D eigenvalue weighted by atomic mass is 32.1. The fraction of sp³-hybridized carbons (Fsp3) is 0.455. The van der Waals surface area contributed by atoms with E-state index < -0.39 is 0 Å². The zero-order valence-corrected chi connectivity index (χ0v) is 17.3. The number of hydrogen-bond acceptors (Lipinski definition) is 4. The Labute approximate surface area is 169 Å². The third kappa shape index (κ3) is 3.47. The number of amides is 1. The van der Waals surface area contributed by atoms with E-state index in [1.807, 2.05) is 31.2 Å². The molecular formula is C22H27N3O2S. The third-order valence-electron chi connectivity index (χ3n) is 5.81. The summed E-state index contributed by atoms with van der Waals surface area (Å²) in [4.78, 5) is 28.7. The molecule has 0 bridgehead atoms. The van der Waals surface area contributed by atoms with E-state index in [9.17, 15) is 9.59 Å². The van der Waals surface area contributed by atoms with Crippen LogP contribution >= 0.6 is 11.3 Å². The number of nitrogens with zero attached hydrogens (tertiary/aromatic N) is 2. The van der Waals surface area contributed by atoms with Crippen LogP contribution in [0.1, 0.15) is 42.8 Å². The standard InChI is InChI=1S/C22H27N3O2S/c1-3-25-18-10-5-4-9-16(18)20-17(22(25)27)14-19(28-20)21(26)23-11-13-24-12-7-6-8-15(24)2/h4-5,9-10,14-15H,3,6-8,11-13H2,1-2H3,(H,23,26). The average molecular weight is 398 g/mol. The molecule has 28 heavy (non-hydrogen) atoms. The van der Waals surface area contributed by atoms with E-state index in [1.165, 1.54) is 30.6 Å². The lowest BCUT2D eigenvalue weighted by Crippen LogP contribution is -2.42. The van der Waals surface area contributed by atoms with Gasteiger partial charge in [0.05, 0.1) is 15.8 Å². The van der Waals surface area contributed by atoms with Crippen LogP contribution in [-0.2, 0) is 6.54 Å². The van der Waals surface area contributed by atoms with Gasteiger partial charge in [0, 0.05) is 35.8 Å². The molecule has 148 valence electrons. The van der Waals surface area contributed by atoms with Crippen LogP contribution in [0.25, 0.3) is 21.0 Å². The van der Waals surface area contributed by atoms with Crippen molar-refractivity contribution in [2.75, 3.05) is 19.6 Å². The molecule has 1 atom stereocenters. The number of aryl methyl sites for hydroxylation is 1. The number of benzene rings is 1. The largest absolute Gasteiger partial charge is 0.350 e. The van der Waals surface area contributed by atoms with Crippen molar-refractivity contribution in [3.63, 3.8) is 0 Å². The molecular weight excluding hydrogens is 370 g/mol. The van der Waals surface area contributed by atoms with Crippen molar-refractivity contribution in [3.8, 4) is 0 Å². The van der Waals surface area contributed by atoms with Crippen LogP contribution in [0.5, 0.6) is 0 Å². The van der Waals surface area contributed by atoms with Crippen molar-refractivity contribution in [2.45, 2.75) is 45.7 Å². The lowest BCUT2D eigenvalue weighted by molar-refractivity contribution is 0.0942. The summed E-state index contributed by atoms with van der Waals surface area (Å²) in [5.41, 5.74) is 0.907. The summed E-state index contributed by atoms with van der Waals surface area (Å²) in [6, 6.07) is 10.3. The summed E-state index contributed by atoms with van der Waals surface area (Å²) < 4.78 is 2.68. The van der Waals surface area contributed by atoms with Crippen LogP contribution in [0.4, 0.5) is 0 Å². The monoisotopic (exact) mass is 397 g/mol. The Hall–Kier alpha value is -2.18. The fourth-order valence-electron chi connectivity index (χ4n) is 4.22. The van der Waals surface area contributed by atoms with Gasteiger partial charge in [0.15, 0.2) is 0 Å². The number of nitrogens with one attached hydrogen (secondary N) is 1. The number of pyridine rings is 1. The normalized spacial score (nSPS) is 18.0. The molecule has 3 aromatic rings. The van der Waals surface area contributed by atoms with E-state index in [-0.39, 0.29) is 11.5 Å². The first-order valence-electron chi connectivity index (χ1n) is 10.2. The van der Waals surface area contributed by atoms with Gasteiger partial charge in [-0.3, -0.25) is 14.5 Å². The molecule has 1 fully saturated rings. The van der Waals surface area contributed by atoms with E-state index in [4.69, 9.17) is 0 Å². The predicted molar refractivity (Wildman–Crippen MR) is 116 cm³/mol. The Kier molecular flexibility index (Phi) is 5.51. The van der Waals surface area contributed by atoms with Crippen molar-refractivity contribution >= 4 is 38.2 Å². The minimum Gasteiger partial charge on any atom is -0.350 e. The first kappa shape index (κ1) is 19.2. The van der Waals surface area contributed by atoms with E-state index in [0.29, 0.717) is 29.4 Å². The van der Waals surface area contributed by atoms with Gasteiger partial charge in [-0.05, 0) is 45.4 Å². The van der Waals surface area contributed by atoms with Crippen molar-refractivity contribution in [3.05, 3.63) is 45.6 Å². The van der Waals surface area contributed by atoms with Gasteiger partial charge in [-0.25, -0.2) is 0 Å². The maximum atomic E-state index is 12.9. The maximum absolute atomic E-state index is 12.9. The second-order valence-electron chi connectivity index (χ2n) is 7.56. The first-order valence-corrected chi connectivity index (χ1v) is 11.0. The fourth-order valence-corrected chi connectivity index (χ4v) is 5.32. The number of likely N-dealkylation sites (tertiary alicyclic amines) is 1. The van der Waals surface area contributed by atoms with Crippen molar-refractivity contribution in [2.24, 2.45) is 0 Å². The van der Waals surface area contributed by atoms with Gasteiger partial charge in [0.25, 0.3) is 11.5 Å². The van der Waals surface area contributed by atoms with E-state index in [2.05, 4.69) is 17.1 Å². The topological polar surface area (TPSA) is 54.3 Å². The summed E-state index contributed by atoms with van der Waals surface area (Å²) in [6.07, 6.45) is 3.78. The molecule has 0 spiro atoms. The number of rotatable bonds is 5. The number of fused-ring (bicyclic) bond motifs is 3. The molecule has 0 saturated carbocycles. The molecule has 5 nitrogen and oxygen atoms in total. The zero-order valence-electron chi connectivity index (χ0n) is 16.5. The number of aromatic nitrogens is 1. The number of thiophene rings is 1. The highest BCUT2D eigenvalue weighted by Gasteiger charge is 2.19. The van der Waals surface area contributed by atoms with Crippen LogP contribution < -0.4 is 10.9 Å². The molecule has 1 amide bonds. The molecule has 0 radical (unpaired) electrons. The quantitative estimate of drug-likeness (QED) is 0.712. The number of piperidine rings is 1. The number of hydrogen-bond donors (Lipinski definition) is 1. The molecule has 6 heteroatoms. The molecule has 1 unspecified atom stereocenters. The van der Waals surface area contributed by atoms with Crippen LogP contribution in [0.3, 0.4) is 0 Å². The lowest BCUT2D eigenvalue weighted by Gasteiger charge is -2.33. The van der Waals surface area contributed by atoms with Crippen LogP contribution in [0, 0.1) is 0 Å². The second kappa shape index (κ2) is 8.05. The van der Waals surface area contributed by atoms with E-state index >= 15 is 0 Å². The van der Waals surface area contributed by atoms with Crippen molar-refractivity contribution in [1.29, 1.82) is 0 Å². The van der Waals surface area contributed by atoms with Crippen LogP contribution in [0.2, 0.25) is 0 Å². The Balaban J connectivity index is 1.57. The molecule has 1 aliphatic rings. The molecule has 3 heterocycles. The predicted octanol–water partition coefficient (Wildman–Crippen LogP) is 3.84. The van der Waals surface area contributed by atoms with E-state index in [0.717, 1.165) is 28.7 Å². The lowest BCUT2D eigenvalue weighted by atomic mass is 10.0. The molecule has 2 aromatic heterocycles. The first-order chi connectivity index (χ1) is 13.6. The highest BCUT2D eigenvalue weighted by molar-refractivity contribution is 7.21. The summed E-state index contributed by atoms with van der Waals surface area (Å²) in [5, 5.41) is 4.72. The molecule has 1 saturated heterocycles. The summed E-state index contributed by atoms with van der Waals surface area (Å²) >= 11 is 1.42.